The Morgan fingerprint density at radius 2 is 2.14 bits per heavy atom. The molecular formula is C5H12N2. The fourth-order valence-corrected chi connectivity index (χ4v) is 0.260. The highest BCUT2D eigenvalue weighted by atomic mass is 14.9. The van der Waals surface area contributed by atoms with E-state index in [1.165, 1.54) is 0 Å². The van der Waals surface area contributed by atoms with Gasteiger partial charge in [-0.05, 0) is 6.92 Å². The third kappa shape index (κ3) is 5.34. The van der Waals surface area contributed by atoms with Crippen molar-refractivity contribution in [3.8, 4) is 0 Å². The molecule has 0 aromatic heterocycles. The molecule has 0 spiro atoms. The van der Waals surface area contributed by atoms with Gasteiger partial charge in [0.15, 0.2) is 0 Å². The van der Waals surface area contributed by atoms with Crippen molar-refractivity contribution in [2.45, 2.75) is 6.92 Å². The maximum absolute atomic E-state index is 3.01. The average molecular weight is 100 g/mol. The SMILES string of the molecule is CCN/C=C\NC. The van der Waals surface area contributed by atoms with E-state index < -0.39 is 0 Å². The van der Waals surface area contributed by atoms with Crippen molar-refractivity contribution in [3.63, 3.8) is 0 Å². The van der Waals surface area contributed by atoms with Crippen LogP contribution in [-0.4, -0.2) is 13.6 Å². The first-order chi connectivity index (χ1) is 3.41. The third-order valence-electron chi connectivity index (χ3n) is 0.572. The Morgan fingerprint density at radius 3 is 2.57 bits per heavy atom. The van der Waals surface area contributed by atoms with Crippen LogP contribution in [0.5, 0.6) is 0 Å². The maximum atomic E-state index is 3.01. The van der Waals surface area contributed by atoms with Crippen LogP contribution in [0, 0.1) is 0 Å². The van der Waals surface area contributed by atoms with E-state index >= 15 is 0 Å². The molecule has 0 unspecified atom stereocenters. The van der Waals surface area contributed by atoms with Gasteiger partial charge >= 0.3 is 0 Å². The molecule has 0 saturated heterocycles. The number of hydrogen-bond acceptors (Lipinski definition) is 2. The summed E-state index contributed by atoms with van der Waals surface area (Å²) in [6, 6.07) is 0. The molecule has 2 nitrogen and oxygen atoms in total. The molecular weight excluding hydrogens is 88.1 g/mol. The van der Waals surface area contributed by atoms with Gasteiger partial charge in [-0.1, -0.05) is 0 Å². The Bertz CT molecular complexity index is 50.0. The van der Waals surface area contributed by atoms with E-state index in [0.717, 1.165) is 6.54 Å². The first-order valence-corrected chi connectivity index (χ1v) is 2.47. The van der Waals surface area contributed by atoms with Gasteiger partial charge in [0.1, 0.15) is 0 Å². The minimum Gasteiger partial charge on any atom is -0.393 e. The summed E-state index contributed by atoms with van der Waals surface area (Å²) in [4.78, 5) is 0. The molecule has 0 bridgehead atoms. The van der Waals surface area contributed by atoms with Crippen molar-refractivity contribution in [3.05, 3.63) is 12.4 Å². The minimum absolute atomic E-state index is 0.984. The molecule has 0 radical (unpaired) electrons. The largest absolute Gasteiger partial charge is 0.393 e. The summed E-state index contributed by atoms with van der Waals surface area (Å²) in [5, 5.41) is 5.87. The van der Waals surface area contributed by atoms with Crippen LogP contribution in [0.15, 0.2) is 12.4 Å². The van der Waals surface area contributed by atoms with Gasteiger partial charge in [-0.25, -0.2) is 0 Å². The van der Waals surface area contributed by atoms with Crippen molar-refractivity contribution in [2.75, 3.05) is 13.6 Å². The summed E-state index contributed by atoms with van der Waals surface area (Å²) in [5.74, 6) is 0. The highest BCUT2D eigenvalue weighted by Gasteiger charge is 1.61. The lowest BCUT2D eigenvalue weighted by Gasteiger charge is -1.89. The fourth-order valence-electron chi connectivity index (χ4n) is 0.260. The molecule has 0 aromatic rings. The molecule has 0 aliphatic rings. The van der Waals surface area contributed by atoms with Crippen LogP contribution in [-0.2, 0) is 0 Å². The Morgan fingerprint density at radius 1 is 1.43 bits per heavy atom. The van der Waals surface area contributed by atoms with E-state index in [4.69, 9.17) is 0 Å². The van der Waals surface area contributed by atoms with Crippen molar-refractivity contribution in [1.82, 2.24) is 10.6 Å². The molecule has 2 heteroatoms. The quantitative estimate of drug-likeness (QED) is 0.532. The van der Waals surface area contributed by atoms with Crippen molar-refractivity contribution >= 4 is 0 Å². The zero-order valence-electron chi connectivity index (χ0n) is 4.86. The average Bonchev–Trinajstić information content (AvgIpc) is 1.69. The van der Waals surface area contributed by atoms with E-state index in [0.29, 0.717) is 0 Å². The summed E-state index contributed by atoms with van der Waals surface area (Å²) < 4.78 is 0. The molecule has 0 aromatic carbocycles. The summed E-state index contributed by atoms with van der Waals surface area (Å²) in [7, 11) is 1.87. The van der Waals surface area contributed by atoms with Crippen LogP contribution >= 0.6 is 0 Å². The van der Waals surface area contributed by atoms with Crippen LogP contribution < -0.4 is 10.6 Å². The van der Waals surface area contributed by atoms with E-state index in [-0.39, 0.29) is 0 Å². The zero-order chi connectivity index (χ0) is 5.54. The number of hydrogen-bond donors (Lipinski definition) is 2. The molecule has 0 atom stereocenters. The maximum Gasteiger partial charge on any atom is 0.0124 e. The summed E-state index contributed by atoms with van der Waals surface area (Å²) >= 11 is 0. The lowest BCUT2D eigenvalue weighted by Crippen LogP contribution is -2.04. The van der Waals surface area contributed by atoms with Crippen molar-refractivity contribution < 1.29 is 0 Å². The number of nitrogens with one attached hydrogen (secondary N) is 2. The molecule has 2 N–H and O–H groups in total. The predicted molar refractivity (Wildman–Crippen MR) is 31.9 cm³/mol. The molecule has 0 heterocycles. The van der Waals surface area contributed by atoms with Crippen molar-refractivity contribution in [1.29, 1.82) is 0 Å². The highest BCUT2D eigenvalue weighted by molar-refractivity contribution is 4.73. The molecule has 0 saturated carbocycles. The van der Waals surface area contributed by atoms with Gasteiger partial charge in [0.25, 0.3) is 0 Å². The molecule has 0 amide bonds. The number of rotatable bonds is 3. The minimum atomic E-state index is 0.984. The molecule has 0 fully saturated rings. The normalized spacial score (nSPS) is 9.43. The van der Waals surface area contributed by atoms with E-state index in [9.17, 15) is 0 Å². The summed E-state index contributed by atoms with van der Waals surface area (Å²) in [6.45, 7) is 3.04. The van der Waals surface area contributed by atoms with Gasteiger partial charge in [-0.3, -0.25) is 0 Å². The van der Waals surface area contributed by atoms with E-state index in [1.54, 1.807) is 0 Å². The summed E-state index contributed by atoms with van der Waals surface area (Å²) in [5.41, 5.74) is 0. The fraction of sp³-hybridized carbons (Fsp3) is 0.600. The zero-order valence-corrected chi connectivity index (χ0v) is 4.86. The second kappa shape index (κ2) is 5.34. The van der Waals surface area contributed by atoms with Crippen LogP contribution in [0.2, 0.25) is 0 Å². The van der Waals surface area contributed by atoms with Crippen LogP contribution in [0.1, 0.15) is 6.92 Å². The van der Waals surface area contributed by atoms with Crippen LogP contribution in [0.25, 0.3) is 0 Å². The molecule has 42 valence electrons. The smallest absolute Gasteiger partial charge is 0.0124 e. The van der Waals surface area contributed by atoms with Crippen LogP contribution in [0.3, 0.4) is 0 Å². The lowest BCUT2D eigenvalue weighted by atomic mass is 10.7. The van der Waals surface area contributed by atoms with E-state index in [2.05, 4.69) is 17.6 Å². The van der Waals surface area contributed by atoms with Gasteiger partial charge in [0, 0.05) is 26.0 Å². The first kappa shape index (κ1) is 6.34. The first-order valence-electron chi connectivity index (χ1n) is 2.47. The Hall–Kier alpha value is -0.660. The van der Waals surface area contributed by atoms with E-state index in [1.807, 2.05) is 19.4 Å². The summed E-state index contributed by atoms with van der Waals surface area (Å²) in [6.07, 6.45) is 3.73. The van der Waals surface area contributed by atoms with Gasteiger partial charge in [0.2, 0.25) is 0 Å². The van der Waals surface area contributed by atoms with Crippen LogP contribution in [0.4, 0.5) is 0 Å². The lowest BCUT2D eigenvalue weighted by molar-refractivity contribution is 0.904. The Balaban J connectivity index is 2.78. The topological polar surface area (TPSA) is 24.1 Å². The van der Waals surface area contributed by atoms with Gasteiger partial charge in [-0.2, -0.15) is 0 Å². The van der Waals surface area contributed by atoms with Gasteiger partial charge in [-0.15, -0.1) is 0 Å². The standard InChI is InChI=1S/C5H12N2/c1-3-7-5-4-6-2/h4-7H,3H2,1-2H3/b5-4-. The van der Waals surface area contributed by atoms with Gasteiger partial charge in [0.05, 0.1) is 0 Å². The predicted octanol–water partition coefficient (Wildman–Crippen LogP) is 0.286. The monoisotopic (exact) mass is 100 g/mol. The van der Waals surface area contributed by atoms with Gasteiger partial charge < -0.3 is 10.6 Å². The molecule has 0 rings (SSSR count). The second-order valence-electron chi connectivity index (χ2n) is 1.18. The second-order valence-corrected chi connectivity index (χ2v) is 1.18. The molecule has 0 aliphatic carbocycles. The van der Waals surface area contributed by atoms with Crippen molar-refractivity contribution in [2.24, 2.45) is 0 Å². The molecule has 7 heavy (non-hydrogen) atoms. The highest BCUT2D eigenvalue weighted by Crippen LogP contribution is 1.55. The third-order valence-corrected chi connectivity index (χ3v) is 0.572. The molecule has 0 aliphatic heterocycles. The Kier molecular flexibility index (Phi) is 4.84. The Labute approximate surface area is 44.6 Å².